The van der Waals surface area contributed by atoms with Gasteiger partial charge in [-0.2, -0.15) is 4.99 Å². The number of rotatable bonds is 4. The maximum atomic E-state index is 5.36. The van der Waals surface area contributed by atoms with Crippen molar-refractivity contribution in [1.82, 2.24) is 15.0 Å². The third-order valence-electron chi connectivity index (χ3n) is 3.32. The molecular formula is C16H16N6O2. The second kappa shape index (κ2) is 6.37. The Morgan fingerprint density at radius 1 is 1.00 bits per heavy atom. The highest BCUT2D eigenvalue weighted by molar-refractivity contribution is 5.80. The quantitative estimate of drug-likeness (QED) is 0.552. The van der Waals surface area contributed by atoms with Crippen molar-refractivity contribution in [2.24, 2.45) is 16.5 Å². The molecule has 3 rings (SSSR count). The topological polar surface area (TPSA) is 122 Å². The molecule has 0 spiro atoms. The van der Waals surface area contributed by atoms with Gasteiger partial charge >= 0.3 is 0 Å². The van der Waals surface area contributed by atoms with Crippen LogP contribution in [0.25, 0.3) is 22.4 Å². The van der Waals surface area contributed by atoms with E-state index in [-0.39, 0.29) is 5.96 Å². The number of aromatic nitrogens is 3. The van der Waals surface area contributed by atoms with Crippen LogP contribution in [0.3, 0.4) is 0 Å². The molecule has 8 heteroatoms. The largest absolute Gasteiger partial charge is 0.493 e. The van der Waals surface area contributed by atoms with Gasteiger partial charge in [0.2, 0.25) is 0 Å². The van der Waals surface area contributed by atoms with Crippen LogP contribution in [0.2, 0.25) is 0 Å². The summed E-state index contributed by atoms with van der Waals surface area (Å²) >= 11 is 0. The van der Waals surface area contributed by atoms with Crippen molar-refractivity contribution in [3.05, 3.63) is 36.5 Å². The van der Waals surface area contributed by atoms with Crippen LogP contribution < -0.4 is 20.9 Å². The number of methoxy groups -OCH3 is 2. The van der Waals surface area contributed by atoms with E-state index >= 15 is 0 Å². The lowest BCUT2D eigenvalue weighted by molar-refractivity contribution is 0.355. The molecule has 24 heavy (non-hydrogen) atoms. The summed E-state index contributed by atoms with van der Waals surface area (Å²) in [5, 5.41) is 0. The Morgan fingerprint density at radius 3 is 2.50 bits per heavy atom. The van der Waals surface area contributed by atoms with E-state index in [2.05, 4.69) is 19.9 Å². The summed E-state index contributed by atoms with van der Waals surface area (Å²) in [5.41, 5.74) is 13.4. The molecule has 0 unspecified atom stereocenters. The van der Waals surface area contributed by atoms with Gasteiger partial charge in [-0.25, -0.2) is 15.0 Å². The van der Waals surface area contributed by atoms with E-state index in [9.17, 15) is 0 Å². The first kappa shape index (κ1) is 15.5. The van der Waals surface area contributed by atoms with Gasteiger partial charge in [0.1, 0.15) is 5.52 Å². The number of nitrogens with zero attached hydrogens (tertiary/aromatic N) is 4. The van der Waals surface area contributed by atoms with Gasteiger partial charge in [0.05, 0.1) is 26.1 Å². The molecule has 1 aromatic carbocycles. The van der Waals surface area contributed by atoms with E-state index in [0.29, 0.717) is 28.5 Å². The summed E-state index contributed by atoms with van der Waals surface area (Å²) in [6.45, 7) is 0. The average Bonchev–Trinajstić information content (AvgIpc) is 2.60. The van der Waals surface area contributed by atoms with Gasteiger partial charge < -0.3 is 20.9 Å². The molecule has 0 saturated carbocycles. The molecule has 0 amide bonds. The molecule has 0 aliphatic rings. The fourth-order valence-corrected chi connectivity index (χ4v) is 2.23. The average molecular weight is 324 g/mol. The summed E-state index contributed by atoms with van der Waals surface area (Å²) in [6, 6.07) is 9.25. The normalized spacial score (nSPS) is 10.4. The molecule has 4 N–H and O–H groups in total. The Hall–Kier alpha value is -3.42. The van der Waals surface area contributed by atoms with Crippen molar-refractivity contribution in [3.63, 3.8) is 0 Å². The molecule has 0 fully saturated rings. The predicted molar refractivity (Wildman–Crippen MR) is 91.3 cm³/mol. The third-order valence-corrected chi connectivity index (χ3v) is 3.32. The maximum Gasteiger partial charge on any atom is 0.192 e. The SMILES string of the molecule is COc1ccc(-c2ccc3ncc(N=C(N)N)nc3n2)cc1OC. The molecular weight excluding hydrogens is 308 g/mol. The Morgan fingerprint density at radius 2 is 1.79 bits per heavy atom. The second-order valence-electron chi connectivity index (χ2n) is 4.87. The zero-order chi connectivity index (χ0) is 17.1. The molecule has 8 nitrogen and oxygen atoms in total. The lowest BCUT2D eigenvalue weighted by Gasteiger charge is -2.09. The monoisotopic (exact) mass is 324 g/mol. The van der Waals surface area contributed by atoms with E-state index in [1.54, 1.807) is 14.2 Å². The minimum atomic E-state index is -0.0836. The molecule has 2 aromatic heterocycles. The van der Waals surface area contributed by atoms with Gasteiger partial charge in [0.15, 0.2) is 28.9 Å². The smallest absolute Gasteiger partial charge is 0.192 e. The minimum absolute atomic E-state index is 0.0836. The van der Waals surface area contributed by atoms with E-state index < -0.39 is 0 Å². The number of hydrogen-bond donors (Lipinski definition) is 2. The predicted octanol–water partition coefficient (Wildman–Crippen LogP) is 1.61. The molecule has 0 atom stereocenters. The Kier molecular flexibility index (Phi) is 4.11. The first-order valence-electron chi connectivity index (χ1n) is 7.06. The lowest BCUT2D eigenvalue weighted by atomic mass is 10.1. The Labute approximate surface area is 138 Å². The van der Waals surface area contributed by atoms with Crippen molar-refractivity contribution in [3.8, 4) is 22.8 Å². The first-order chi connectivity index (χ1) is 11.6. The maximum absolute atomic E-state index is 5.36. The number of ether oxygens (including phenoxy) is 2. The fraction of sp³-hybridized carbons (Fsp3) is 0.125. The van der Waals surface area contributed by atoms with Gasteiger partial charge in [0, 0.05) is 5.56 Å². The van der Waals surface area contributed by atoms with Gasteiger partial charge in [-0.15, -0.1) is 0 Å². The van der Waals surface area contributed by atoms with Crippen LogP contribution in [0.1, 0.15) is 0 Å². The van der Waals surface area contributed by atoms with Crippen LogP contribution in [0.15, 0.2) is 41.5 Å². The van der Waals surface area contributed by atoms with Gasteiger partial charge in [-0.1, -0.05) is 0 Å². The molecule has 2 heterocycles. The number of nitrogens with two attached hydrogens (primary N) is 2. The van der Waals surface area contributed by atoms with E-state index in [4.69, 9.17) is 20.9 Å². The standard InChI is InChI=1S/C16H16N6O2/c1-23-12-6-3-9(7-13(12)24-2)10-4-5-11-15(20-10)21-14(8-19-11)22-16(17)18/h3-8H,1-2H3,(H4,17,18,20,21,22). The van der Waals surface area contributed by atoms with Gasteiger partial charge in [-0.05, 0) is 30.3 Å². The van der Waals surface area contributed by atoms with Crippen molar-refractivity contribution in [2.75, 3.05) is 14.2 Å². The molecule has 122 valence electrons. The number of hydrogen-bond acceptors (Lipinski definition) is 6. The molecule has 0 saturated heterocycles. The second-order valence-corrected chi connectivity index (χ2v) is 4.87. The number of guanidine groups is 1. The summed E-state index contributed by atoms with van der Waals surface area (Å²) in [6.07, 6.45) is 1.49. The van der Waals surface area contributed by atoms with E-state index in [1.165, 1.54) is 6.20 Å². The van der Waals surface area contributed by atoms with Crippen LogP contribution in [-0.2, 0) is 0 Å². The van der Waals surface area contributed by atoms with Crippen molar-refractivity contribution in [1.29, 1.82) is 0 Å². The summed E-state index contributed by atoms with van der Waals surface area (Å²) < 4.78 is 10.6. The van der Waals surface area contributed by atoms with Gasteiger partial charge in [-0.3, -0.25) is 0 Å². The summed E-state index contributed by atoms with van der Waals surface area (Å²) in [4.78, 5) is 17.0. The zero-order valence-electron chi connectivity index (χ0n) is 13.2. The number of fused-ring (bicyclic) bond motifs is 1. The number of pyridine rings is 1. The molecule has 0 aliphatic heterocycles. The van der Waals surface area contributed by atoms with Gasteiger partial charge in [0.25, 0.3) is 0 Å². The number of benzene rings is 1. The van der Waals surface area contributed by atoms with Crippen molar-refractivity contribution >= 4 is 22.9 Å². The van der Waals surface area contributed by atoms with Crippen molar-refractivity contribution in [2.45, 2.75) is 0 Å². The van der Waals surface area contributed by atoms with E-state index in [1.807, 2.05) is 30.3 Å². The summed E-state index contributed by atoms with van der Waals surface area (Å²) in [5.74, 6) is 1.49. The van der Waals surface area contributed by atoms with Crippen molar-refractivity contribution < 1.29 is 9.47 Å². The lowest BCUT2D eigenvalue weighted by Crippen LogP contribution is -2.22. The summed E-state index contributed by atoms with van der Waals surface area (Å²) in [7, 11) is 3.18. The Balaban J connectivity index is 2.08. The highest BCUT2D eigenvalue weighted by atomic mass is 16.5. The first-order valence-corrected chi connectivity index (χ1v) is 7.06. The highest BCUT2D eigenvalue weighted by Crippen LogP contribution is 2.32. The molecule has 0 aliphatic carbocycles. The zero-order valence-corrected chi connectivity index (χ0v) is 13.2. The van der Waals surface area contributed by atoms with Crippen LogP contribution >= 0.6 is 0 Å². The minimum Gasteiger partial charge on any atom is -0.493 e. The third kappa shape index (κ3) is 3.02. The fourth-order valence-electron chi connectivity index (χ4n) is 2.23. The van der Waals surface area contributed by atoms with Crippen LogP contribution in [0.5, 0.6) is 11.5 Å². The molecule has 3 aromatic rings. The Bertz CT molecular complexity index is 922. The molecule has 0 radical (unpaired) electrons. The number of aliphatic imine (C=N–C) groups is 1. The highest BCUT2D eigenvalue weighted by Gasteiger charge is 2.09. The van der Waals surface area contributed by atoms with Crippen LogP contribution in [-0.4, -0.2) is 35.1 Å². The molecule has 0 bridgehead atoms. The van der Waals surface area contributed by atoms with E-state index in [0.717, 1.165) is 11.3 Å². The van der Waals surface area contributed by atoms with Crippen LogP contribution in [0, 0.1) is 0 Å². The van der Waals surface area contributed by atoms with Crippen LogP contribution in [0.4, 0.5) is 5.82 Å².